The Morgan fingerprint density at radius 2 is 1.95 bits per heavy atom. The van der Waals surface area contributed by atoms with Crippen LogP contribution in [0.4, 0.5) is 0 Å². The molecule has 2 atom stereocenters. The summed E-state index contributed by atoms with van der Waals surface area (Å²) in [6, 6.07) is 3.72. The molecule has 4 heteroatoms. The van der Waals surface area contributed by atoms with E-state index in [1.165, 1.54) is 0 Å². The third-order valence-corrected chi connectivity index (χ3v) is 3.94. The third kappa shape index (κ3) is 2.96. The highest BCUT2D eigenvalue weighted by Gasteiger charge is 2.29. The number of hydrogen-bond acceptors (Lipinski definition) is 4. The molecular weight excluding hydrogens is 256 g/mol. The summed E-state index contributed by atoms with van der Waals surface area (Å²) in [4.78, 5) is 12.4. The number of hydrogen-bond donors (Lipinski definition) is 0. The number of benzene rings is 1. The number of carbonyl (C=O) groups excluding carboxylic acids is 1. The predicted molar refractivity (Wildman–Crippen MR) is 76.8 cm³/mol. The van der Waals surface area contributed by atoms with E-state index in [2.05, 4.69) is 0 Å². The van der Waals surface area contributed by atoms with E-state index in [-0.39, 0.29) is 11.9 Å². The number of Topliss-reactive ketones (excluding diaryl/α,β-unsaturated/α-hetero) is 1. The fourth-order valence-corrected chi connectivity index (χ4v) is 2.88. The van der Waals surface area contributed by atoms with Crippen molar-refractivity contribution in [3.63, 3.8) is 0 Å². The highest BCUT2D eigenvalue weighted by molar-refractivity contribution is 6.01. The summed E-state index contributed by atoms with van der Waals surface area (Å²) in [6.45, 7) is 2.03. The highest BCUT2D eigenvalue weighted by atomic mass is 16.5. The summed E-state index contributed by atoms with van der Waals surface area (Å²) in [6.07, 6.45) is 2.48. The van der Waals surface area contributed by atoms with Gasteiger partial charge in [-0.2, -0.15) is 0 Å². The first-order valence-electron chi connectivity index (χ1n) is 6.89. The smallest absolute Gasteiger partial charge is 0.167 e. The Labute approximate surface area is 120 Å². The molecule has 0 spiro atoms. The van der Waals surface area contributed by atoms with E-state index in [1.54, 1.807) is 27.4 Å². The largest absolute Gasteiger partial charge is 0.497 e. The molecule has 0 heterocycles. The Bertz CT molecular complexity index is 495. The van der Waals surface area contributed by atoms with Crippen LogP contribution in [-0.4, -0.2) is 33.2 Å². The normalized spacial score (nSPS) is 19.4. The number of fused-ring (bicyclic) bond motifs is 1. The third-order valence-electron chi connectivity index (χ3n) is 3.94. The van der Waals surface area contributed by atoms with Crippen LogP contribution in [0.3, 0.4) is 0 Å². The molecule has 0 N–H and O–H groups in total. The van der Waals surface area contributed by atoms with Crippen molar-refractivity contribution in [1.29, 1.82) is 0 Å². The van der Waals surface area contributed by atoms with E-state index < -0.39 is 0 Å². The average Bonchev–Trinajstić information content (AvgIpc) is 2.45. The SMILES string of the molecule is COc1cc2c(c(OC)c1)C(=O)CC(CC(C)OC)C2. The molecule has 0 aliphatic heterocycles. The van der Waals surface area contributed by atoms with Crippen LogP contribution in [0.5, 0.6) is 11.5 Å². The summed E-state index contributed by atoms with van der Waals surface area (Å²) >= 11 is 0. The van der Waals surface area contributed by atoms with Gasteiger partial charge in [-0.05, 0) is 37.3 Å². The lowest BCUT2D eigenvalue weighted by atomic mass is 9.80. The maximum absolute atomic E-state index is 12.4. The minimum absolute atomic E-state index is 0.152. The molecular formula is C16H22O4. The molecule has 0 fully saturated rings. The Morgan fingerprint density at radius 3 is 2.55 bits per heavy atom. The Hall–Kier alpha value is -1.55. The first kappa shape index (κ1) is 14.9. The molecule has 0 saturated carbocycles. The van der Waals surface area contributed by atoms with Crippen LogP contribution in [0.25, 0.3) is 0 Å². The summed E-state index contributed by atoms with van der Waals surface area (Å²) in [5, 5.41) is 0. The van der Waals surface area contributed by atoms with E-state index in [9.17, 15) is 4.79 Å². The topological polar surface area (TPSA) is 44.8 Å². The predicted octanol–water partition coefficient (Wildman–Crippen LogP) is 2.87. The molecule has 4 nitrogen and oxygen atoms in total. The quantitative estimate of drug-likeness (QED) is 0.830. The average molecular weight is 278 g/mol. The van der Waals surface area contributed by atoms with Gasteiger partial charge in [0, 0.05) is 19.6 Å². The molecule has 0 amide bonds. The first-order chi connectivity index (χ1) is 9.58. The van der Waals surface area contributed by atoms with Crippen molar-refractivity contribution < 1.29 is 19.0 Å². The highest BCUT2D eigenvalue weighted by Crippen LogP contribution is 2.37. The van der Waals surface area contributed by atoms with Gasteiger partial charge in [-0.3, -0.25) is 4.79 Å². The lowest BCUT2D eigenvalue weighted by Gasteiger charge is -2.27. The second-order valence-electron chi connectivity index (χ2n) is 5.34. The summed E-state index contributed by atoms with van der Waals surface area (Å²) in [5.74, 6) is 1.82. The Morgan fingerprint density at radius 1 is 1.20 bits per heavy atom. The monoisotopic (exact) mass is 278 g/mol. The second-order valence-corrected chi connectivity index (χ2v) is 5.34. The molecule has 2 unspecified atom stereocenters. The Balaban J connectivity index is 2.31. The zero-order valence-corrected chi connectivity index (χ0v) is 12.6. The van der Waals surface area contributed by atoms with Crippen LogP contribution in [0.2, 0.25) is 0 Å². The van der Waals surface area contributed by atoms with Gasteiger partial charge in [0.1, 0.15) is 11.5 Å². The van der Waals surface area contributed by atoms with Crippen molar-refractivity contribution in [3.8, 4) is 11.5 Å². The number of methoxy groups -OCH3 is 3. The molecule has 2 rings (SSSR count). The van der Waals surface area contributed by atoms with Crippen LogP contribution >= 0.6 is 0 Å². The first-order valence-corrected chi connectivity index (χ1v) is 6.89. The van der Waals surface area contributed by atoms with Crippen LogP contribution in [-0.2, 0) is 11.2 Å². The van der Waals surface area contributed by atoms with Crippen molar-refractivity contribution in [2.45, 2.75) is 32.3 Å². The van der Waals surface area contributed by atoms with Crippen molar-refractivity contribution in [1.82, 2.24) is 0 Å². The lowest BCUT2D eigenvalue weighted by Crippen LogP contribution is -2.24. The van der Waals surface area contributed by atoms with E-state index in [1.807, 2.05) is 13.0 Å². The van der Waals surface area contributed by atoms with Gasteiger partial charge in [0.25, 0.3) is 0 Å². The van der Waals surface area contributed by atoms with Crippen molar-refractivity contribution in [3.05, 3.63) is 23.3 Å². The molecule has 110 valence electrons. The summed E-state index contributed by atoms with van der Waals surface area (Å²) < 4.78 is 15.9. The second kappa shape index (κ2) is 6.27. The maximum atomic E-state index is 12.4. The molecule has 1 aromatic rings. The van der Waals surface area contributed by atoms with E-state index in [4.69, 9.17) is 14.2 Å². The number of rotatable bonds is 5. The standard InChI is InChI=1S/C16H22O4/c1-10(18-2)5-11-6-12-8-13(19-3)9-15(20-4)16(12)14(17)7-11/h8-11H,5-7H2,1-4H3. The molecule has 1 aliphatic rings. The van der Waals surface area contributed by atoms with Gasteiger partial charge in [0.2, 0.25) is 0 Å². The van der Waals surface area contributed by atoms with E-state index in [0.29, 0.717) is 18.1 Å². The lowest BCUT2D eigenvalue weighted by molar-refractivity contribution is 0.0814. The van der Waals surface area contributed by atoms with Gasteiger partial charge >= 0.3 is 0 Å². The molecule has 0 radical (unpaired) electrons. The minimum Gasteiger partial charge on any atom is -0.497 e. The van der Waals surface area contributed by atoms with Gasteiger partial charge in [-0.1, -0.05) is 0 Å². The fraction of sp³-hybridized carbons (Fsp3) is 0.562. The molecule has 0 bridgehead atoms. The van der Waals surface area contributed by atoms with E-state index in [0.717, 1.165) is 29.7 Å². The minimum atomic E-state index is 0.152. The molecule has 0 aromatic heterocycles. The van der Waals surface area contributed by atoms with Gasteiger partial charge in [0.15, 0.2) is 5.78 Å². The summed E-state index contributed by atoms with van der Waals surface area (Å²) in [7, 11) is 4.91. The molecule has 1 aromatic carbocycles. The van der Waals surface area contributed by atoms with Crippen LogP contribution in [0.1, 0.15) is 35.7 Å². The molecule has 0 saturated heterocycles. The molecule has 20 heavy (non-hydrogen) atoms. The maximum Gasteiger partial charge on any atom is 0.167 e. The van der Waals surface area contributed by atoms with Gasteiger partial charge in [-0.15, -0.1) is 0 Å². The van der Waals surface area contributed by atoms with Gasteiger partial charge in [-0.25, -0.2) is 0 Å². The van der Waals surface area contributed by atoms with Crippen LogP contribution in [0, 0.1) is 5.92 Å². The van der Waals surface area contributed by atoms with Crippen molar-refractivity contribution in [2.75, 3.05) is 21.3 Å². The molecule has 1 aliphatic carbocycles. The number of ether oxygens (including phenoxy) is 3. The fourth-order valence-electron chi connectivity index (χ4n) is 2.88. The van der Waals surface area contributed by atoms with Crippen molar-refractivity contribution in [2.24, 2.45) is 5.92 Å². The van der Waals surface area contributed by atoms with Crippen molar-refractivity contribution >= 4 is 5.78 Å². The Kier molecular flexibility index (Phi) is 4.65. The van der Waals surface area contributed by atoms with Crippen LogP contribution in [0.15, 0.2) is 12.1 Å². The van der Waals surface area contributed by atoms with Gasteiger partial charge in [0.05, 0.1) is 25.9 Å². The summed E-state index contributed by atoms with van der Waals surface area (Å²) in [5.41, 5.74) is 1.74. The zero-order valence-electron chi connectivity index (χ0n) is 12.6. The van der Waals surface area contributed by atoms with Gasteiger partial charge < -0.3 is 14.2 Å². The van der Waals surface area contributed by atoms with Crippen LogP contribution < -0.4 is 9.47 Å². The number of carbonyl (C=O) groups is 1. The zero-order chi connectivity index (χ0) is 14.7. The van der Waals surface area contributed by atoms with E-state index >= 15 is 0 Å². The number of ketones is 1.